The number of anilines is 1. The lowest BCUT2D eigenvalue weighted by Gasteiger charge is -2.11. The summed E-state index contributed by atoms with van der Waals surface area (Å²) in [5.41, 5.74) is 6.52. The van der Waals surface area contributed by atoms with E-state index in [4.69, 9.17) is 0 Å². The summed E-state index contributed by atoms with van der Waals surface area (Å²) in [5.74, 6) is -0.208. The highest BCUT2D eigenvalue weighted by atomic mass is 16.3. The number of phenols is 1. The monoisotopic (exact) mass is 336 g/mol. The van der Waals surface area contributed by atoms with Gasteiger partial charge in [0.2, 0.25) is 0 Å². The van der Waals surface area contributed by atoms with Gasteiger partial charge in [0.25, 0.3) is 5.91 Å². The minimum Gasteiger partial charge on any atom is -0.508 e. The van der Waals surface area contributed by atoms with Crippen molar-refractivity contribution in [3.05, 3.63) is 59.3 Å². The average molecular weight is 336 g/mol. The molecule has 1 amide bonds. The van der Waals surface area contributed by atoms with Crippen LogP contribution in [-0.4, -0.2) is 36.3 Å². The largest absolute Gasteiger partial charge is 0.508 e. The first kappa shape index (κ1) is 16.6. The van der Waals surface area contributed by atoms with E-state index in [1.165, 1.54) is 0 Å². The third-order valence-corrected chi connectivity index (χ3v) is 3.99. The second kappa shape index (κ2) is 6.68. The highest BCUT2D eigenvalue weighted by Gasteiger charge is 2.15. The van der Waals surface area contributed by atoms with Crippen molar-refractivity contribution in [2.75, 3.05) is 19.0 Å². The summed E-state index contributed by atoms with van der Waals surface area (Å²) in [7, 11) is 3.95. The fraction of sp³-hybridized carbons (Fsp3) is 0.158. The minimum atomic E-state index is -0.324. The summed E-state index contributed by atoms with van der Waals surface area (Å²) in [5, 5.41) is 14.3. The van der Waals surface area contributed by atoms with E-state index < -0.39 is 0 Å². The maximum Gasteiger partial charge on any atom is 0.273 e. The van der Waals surface area contributed by atoms with Gasteiger partial charge in [0, 0.05) is 36.4 Å². The van der Waals surface area contributed by atoms with Crippen LogP contribution in [0.4, 0.5) is 5.69 Å². The number of aromatic nitrogens is 1. The number of H-pyrrole nitrogens is 1. The molecule has 0 saturated carbocycles. The summed E-state index contributed by atoms with van der Waals surface area (Å²) >= 11 is 0. The van der Waals surface area contributed by atoms with E-state index in [1.54, 1.807) is 24.4 Å². The molecule has 0 spiro atoms. The van der Waals surface area contributed by atoms with Crippen molar-refractivity contribution in [2.45, 2.75) is 6.92 Å². The molecule has 0 radical (unpaired) electrons. The van der Waals surface area contributed by atoms with E-state index >= 15 is 0 Å². The number of fused-ring (bicyclic) bond motifs is 1. The fourth-order valence-corrected chi connectivity index (χ4v) is 2.69. The molecule has 6 heteroatoms. The molecule has 0 aliphatic rings. The summed E-state index contributed by atoms with van der Waals surface area (Å²) < 4.78 is 0. The zero-order valence-electron chi connectivity index (χ0n) is 14.4. The van der Waals surface area contributed by atoms with Gasteiger partial charge in [0.1, 0.15) is 5.75 Å². The van der Waals surface area contributed by atoms with E-state index in [0.717, 1.165) is 22.5 Å². The zero-order chi connectivity index (χ0) is 18.0. The SMILES string of the molecule is Cc1[nH]c2ccc(O)cc2c1C(=O)N/N=C\c1ccc(N(C)C)cc1. The van der Waals surface area contributed by atoms with E-state index in [9.17, 15) is 9.90 Å². The number of benzene rings is 2. The van der Waals surface area contributed by atoms with Gasteiger partial charge in [-0.3, -0.25) is 4.79 Å². The molecule has 0 aliphatic heterocycles. The van der Waals surface area contributed by atoms with Gasteiger partial charge in [0.05, 0.1) is 11.8 Å². The van der Waals surface area contributed by atoms with Crippen LogP contribution in [0, 0.1) is 6.92 Å². The standard InChI is InChI=1S/C19H20N4O2/c1-12-18(16-10-15(24)8-9-17(16)21-12)19(25)22-20-11-13-4-6-14(7-5-13)23(2)3/h4-11,21,24H,1-3H3,(H,22,25)/b20-11-. The Morgan fingerprint density at radius 3 is 2.60 bits per heavy atom. The number of aromatic hydroxyl groups is 1. The number of hydrazone groups is 1. The smallest absolute Gasteiger partial charge is 0.273 e. The summed E-state index contributed by atoms with van der Waals surface area (Å²) in [6.07, 6.45) is 1.60. The van der Waals surface area contributed by atoms with Gasteiger partial charge in [-0.25, -0.2) is 5.43 Å². The average Bonchev–Trinajstić information content (AvgIpc) is 2.90. The molecular weight excluding hydrogens is 316 g/mol. The number of hydrogen-bond donors (Lipinski definition) is 3. The molecule has 25 heavy (non-hydrogen) atoms. The van der Waals surface area contributed by atoms with Crippen LogP contribution in [0.1, 0.15) is 21.6 Å². The van der Waals surface area contributed by atoms with Gasteiger partial charge in [0.15, 0.2) is 0 Å². The number of carbonyl (C=O) groups excluding carboxylic acids is 1. The van der Waals surface area contributed by atoms with Crippen molar-refractivity contribution in [2.24, 2.45) is 5.10 Å². The molecule has 0 unspecified atom stereocenters. The van der Waals surface area contributed by atoms with E-state index in [-0.39, 0.29) is 11.7 Å². The van der Waals surface area contributed by atoms with E-state index in [1.807, 2.05) is 50.2 Å². The Bertz CT molecular complexity index is 940. The quantitative estimate of drug-likeness (QED) is 0.506. The molecule has 0 atom stereocenters. The lowest BCUT2D eigenvalue weighted by molar-refractivity contribution is 0.0956. The van der Waals surface area contributed by atoms with Crippen LogP contribution < -0.4 is 10.3 Å². The molecule has 3 aromatic rings. The first-order valence-electron chi connectivity index (χ1n) is 7.88. The highest BCUT2D eigenvalue weighted by Crippen LogP contribution is 2.25. The third-order valence-electron chi connectivity index (χ3n) is 3.99. The van der Waals surface area contributed by atoms with Crippen LogP contribution in [0.25, 0.3) is 10.9 Å². The molecule has 1 aromatic heterocycles. The zero-order valence-corrected chi connectivity index (χ0v) is 14.4. The molecule has 3 rings (SSSR count). The molecule has 6 nitrogen and oxygen atoms in total. The van der Waals surface area contributed by atoms with E-state index in [0.29, 0.717) is 10.9 Å². The third kappa shape index (κ3) is 3.47. The minimum absolute atomic E-state index is 0.116. The number of aromatic amines is 1. The van der Waals surface area contributed by atoms with Crippen molar-refractivity contribution in [3.8, 4) is 5.75 Å². The molecular formula is C19H20N4O2. The molecule has 0 bridgehead atoms. The van der Waals surface area contributed by atoms with Crippen molar-refractivity contribution >= 4 is 28.7 Å². The van der Waals surface area contributed by atoms with Gasteiger partial charge in [-0.2, -0.15) is 5.10 Å². The Kier molecular flexibility index (Phi) is 4.43. The topological polar surface area (TPSA) is 80.7 Å². The number of amides is 1. The van der Waals surface area contributed by atoms with Gasteiger partial charge in [-0.05, 0) is 42.8 Å². The predicted molar refractivity (Wildman–Crippen MR) is 101 cm³/mol. The molecule has 1 heterocycles. The number of hydrogen-bond acceptors (Lipinski definition) is 4. The van der Waals surface area contributed by atoms with Crippen LogP contribution in [0.5, 0.6) is 5.75 Å². The van der Waals surface area contributed by atoms with Crippen molar-refractivity contribution in [3.63, 3.8) is 0 Å². The molecule has 0 fully saturated rings. The second-order valence-electron chi connectivity index (χ2n) is 6.04. The van der Waals surface area contributed by atoms with Crippen LogP contribution in [0.2, 0.25) is 0 Å². The number of nitrogens with zero attached hydrogens (tertiary/aromatic N) is 2. The van der Waals surface area contributed by atoms with Crippen LogP contribution in [0.3, 0.4) is 0 Å². The van der Waals surface area contributed by atoms with Crippen LogP contribution >= 0.6 is 0 Å². The van der Waals surface area contributed by atoms with Crippen LogP contribution in [-0.2, 0) is 0 Å². The lowest BCUT2D eigenvalue weighted by atomic mass is 10.1. The molecule has 0 saturated heterocycles. The number of rotatable bonds is 4. The van der Waals surface area contributed by atoms with Crippen molar-refractivity contribution in [1.82, 2.24) is 10.4 Å². The predicted octanol–water partition coefficient (Wildman–Crippen LogP) is 3.01. The second-order valence-corrected chi connectivity index (χ2v) is 6.04. The van der Waals surface area contributed by atoms with E-state index in [2.05, 4.69) is 15.5 Å². The number of nitrogens with one attached hydrogen (secondary N) is 2. The van der Waals surface area contributed by atoms with Gasteiger partial charge in [-0.15, -0.1) is 0 Å². The lowest BCUT2D eigenvalue weighted by Crippen LogP contribution is -2.18. The summed E-state index contributed by atoms with van der Waals surface area (Å²) in [4.78, 5) is 17.6. The van der Waals surface area contributed by atoms with Gasteiger partial charge in [-0.1, -0.05) is 12.1 Å². The Labute approximate surface area is 145 Å². The summed E-state index contributed by atoms with van der Waals surface area (Å²) in [6.45, 7) is 1.82. The Morgan fingerprint density at radius 1 is 1.20 bits per heavy atom. The van der Waals surface area contributed by atoms with Gasteiger partial charge < -0.3 is 15.0 Å². The maximum absolute atomic E-state index is 12.5. The number of carbonyl (C=O) groups is 1. The number of aryl methyl sites for hydroxylation is 1. The van der Waals surface area contributed by atoms with Crippen LogP contribution in [0.15, 0.2) is 47.6 Å². The first-order valence-corrected chi connectivity index (χ1v) is 7.88. The molecule has 128 valence electrons. The molecule has 0 aliphatic carbocycles. The fourth-order valence-electron chi connectivity index (χ4n) is 2.69. The highest BCUT2D eigenvalue weighted by molar-refractivity contribution is 6.08. The Hall–Kier alpha value is -3.28. The van der Waals surface area contributed by atoms with Crippen molar-refractivity contribution < 1.29 is 9.90 Å². The van der Waals surface area contributed by atoms with Gasteiger partial charge >= 0.3 is 0 Å². The first-order chi connectivity index (χ1) is 12.0. The number of phenolic OH excluding ortho intramolecular Hbond substituents is 1. The molecule has 2 aromatic carbocycles. The Balaban J connectivity index is 1.76. The molecule has 3 N–H and O–H groups in total. The maximum atomic E-state index is 12.5. The Morgan fingerprint density at radius 2 is 1.92 bits per heavy atom. The van der Waals surface area contributed by atoms with Crippen molar-refractivity contribution in [1.29, 1.82) is 0 Å². The summed E-state index contributed by atoms with van der Waals surface area (Å²) in [6, 6.07) is 12.7. The normalized spacial score (nSPS) is 11.2.